The maximum absolute atomic E-state index is 11.9. The summed E-state index contributed by atoms with van der Waals surface area (Å²) in [6.45, 7) is 0. The molecule has 0 aliphatic rings. The van der Waals surface area contributed by atoms with E-state index in [0.29, 0.717) is 16.8 Å². The van der Waals surface area contributed by atoms with Gasteiger partial charge >= 0.3 is 0 Å². The van der Waals surface area contributed by atoms with Crippen LogP contribution in [-0.4, -0.2) is 20.6 Å². The highest BCUT2D eigenvalue weighted by Crippen LogP contribution is 2.11. The van der Waals surface area contributed by atoms with Crippen LogP contribution in [0.1, 0.15) is 15.9 Å². The molecule has 0 radical (unpaired) electrons. The van der Waals surface area contributed by atoms with Crippen LogP contribution in [0, 0.1) is 0 Å². The lowest BCUT2D eigenvalue weighted by molar-refractivity contribution is -0.115. The Bertz CT molecular complexity index is 650. The van der Waals surface area contributed by atoms with Gasteiger partial charge in [-0.2, -0.15) is 0 Å². The summed E-state index contributed by atoms with van der Waals surface area (Å²) in [5, 5.41) is 2.68. The number of primary amides is 1. The predicted octanol–water partition coefficient (Wildman–Crippen LogP) is 1.20. The third-order valence-corrected chi connectivity index (χ3v) is 3.59. The highest BCUT2D eigenvalue weighted by molar-refractivity contribution is 7.79. The minimum atomic E-state index is -2.28. The maximum atomic E-state index is 11.9. The van der Waals surface area contributed by atoms with Gasteiger partial charge in [-0.15, -0.1) is 0 Å². The minimum Gasteiger partial charge on any atom is -0.768 e. The van der Waals surface area contributed by atoms with Crippen LogP contribution in [0.4, 0.5) is 5.69 Å². The van der Waals surface area contributed by atoms with E-state index in [1.54, 1.807) is 24.3 Å². The summed E-state index contributed by atoms with van der Waals surface area (Å²) in [7, 11) is 0. The average molecular weight is 317 g/mol. The first kappa shape index (κ1) is 15.9. The molecule has 0 spiro atoms. The zero-order valence-corrected chi connectivity index (χ0v) is 12.3. The van der Waals surface area contributed by atoms with E-state index in [4.69, 9.17) is 5.73 Å². The molecule has 114 valence electrons. The van der Waals surface area contributed by atoms with E-state index in [-0.39, 0.29) is 17.2 Å². The number of benzene rings is 2. The van der Waals surface area contributed by atoms with E-state index in [9.17, 15) is 18.4 Å². The fourth-order valence-electron chi connectivity index (χ4n) is 1.83. The Morgan fingerprint density at radius 3 is 2.14 bits per heavy atom. The van der Waals surface area contributed by atoms with Crippen molar-refractivity contribution >= 4 is 28.6 Å². The second-order valence-corrected chi connectivity index (χ2v) is 5.49. The fourth-order valence-corrected chi connectivity index (χ4v) is 2.19. The summed E-state index contributed by atoms with van der Waals surface area (Å²) < 4.78 is 21.5. The van der Waals surface area contributed by atoms with E-state index >= 15 is 0 Å². The summed E-state index contributed by atoms with van der Waals surface area (Å²) >= 11 is -2.28. The highest BCUT2D eigenvalue weighted by atomic mass is 32.2. The lowest BCUT2D eigenvalue weighted by Crippen LogP contribution is -2.15. The van der Waals surface area contributed by atoms with Crippen LogP contribution in [0.25, 0.3) is 0 Å². The summed E-state index contributed by atoms with van der Waals surface area (Å²) in [5.41, 5.74) is 6.73. The van der Waals surface area contributed by atoms with E-state index < -0.39 is 17.0 Å². The molecule has 22 heavy (non-hydrogen) atoms. The topological polar surface area (TPSA) is 112 Å². The Kier molecular flexibility index (Phi) is 5.03. The third kappa shape index (κ3) is 4.24. The molecular weight excluding hydrogens is 304 g/mol. The van der Waals surface area contributed by atoms with Gasteiger partial charge in [0.2, 0.25) is 11.8 Å². The normalized spacial score (nSPS) is 11.7. The number of anilines is 1. The van der Waals surface area contributed by atoms with Gasteiger partial charge in [-0.3, -0.25) is 13.8 Å². The van der Waals surface area contributed by atoms with E-state index in [0.717, 1.165) is 0 Å². The Morgan fingerprint density at radius 2 is 1.64 bits per heavy atom. The van der Waals surface area contributed by atoms with Gasteiger partial charge in [0.25, 0.3) is 0 Å². The van der Waals surface area contributed by atoms with Crippen LogP contribution < -0.4 is 11.1 Å². The van der Waals surface area contributed by atoms with Gasteiger partial charge < -0.3 is 15.6 Å². The van der Waals surface area contributed by atoms with Gasteiger partial charge in [-0.05, 0) is 53.0 Å². The molecule has 0 saturated heterocycles. The van der Waals surface area contributed by atoms with Crippen molar-refractivity contribution in [3.8, 4) is 0 Å². The van der Waals surface area contributed by atoms with Crippen molar-refractivity contribution in [2.75, 3.05) is 5.32 Å². The van der Waals surface area contributed by atoms with Crippen molar-refractivity contribution in [3.05, 3.63) is 59.7 Å². The van der Waals surface area contributed by atoms with Gasteiger partial charge in [0, 0.05) is 16.1 Å². The van der Waals surface area contributed by atoms with Crippen LogP contribution in [0.2, 0.25) is 0 Å². The molecule has 0 fully saturated rings. The quantitative estimate of drug-likeness (QED) is 0.807. The molecule has 6 nitrogen and oxygen atoms in total. The molecule has 0 aliphatic heterocycles. The Hall–Kier alpha value is -2.51. The number of amides is 2. The van der Waals surface area contributed by atoms with Crippen LogP contribution in [0.15, 0.2) is 53.4 Å². The molecule has 0 heterocycles. The second-order valence-electron chi connectivity index (χ2n) is 4.55. The summed E-state index contributed by atoms with van der Waals surface area (Å²) in [5.74, 6) is -0.781. The lowest BCUT2D eigenvalue weighted by Gasteiger charge is -2.08. The average Bonchev–Trinajstić information content (AvgIpc) is 2.48. The van der Waals surface area contributed by atoms with Crippen molar-refractivity contribution in [3.63, 3.8) is 0 Å². The Morgan fingerprint density at radius 1 is 1.05 bits per heavy atom. The van der Waals surface area contributed by atoms with E-state index in [1.165, 1.54) is 24.3 Å². The molecule has 0 aromatic heterocycles. The standard InChI is InChI=1S/C15H14N2O4S/c16-15(19)11-3-5-12(6-4-11)17-14(18)9-10-1-7-13(8-2-10)22(20)21/h1-8H,9H2,(H2,16,19)(H,17,18)(H,20,21)/p-1. The van der Waals surface area contributed by atoms with Gasteiger partial charge in [-0.25, -0.2) is 0 Å². The summed E-state index contributed by atoms with van der Waals surface area (Å²) in [6, 6.07) is 12.3. The molecule has 1 atom stereocenters. The summed E-state index contributed by atoms with van der Waals surface area (Å²) in [6.07, 6.45) is 0.114. The minimum absolute atomic E-state index is 0.114. The molecule has 0 saturated carbocycles. The van der Waals surface area contributed by atoms with Crippen LogP contribution >= 0.6 is 0 Å². The van der Waals surface area contributed by atoms with E-state index in [2.05, 4.69) is 5.32 Å². The molecule has 2 amide bonds. The number of rotatable bonds is 5. The predicted molar refractivity (Wildman–Crippen MR) is 80.9 cm³/mol. The highest BCUT2D eigenvalue weighted by Gasteiger charge is 2.05. The first-order chi connectivity index (χ1) is 10.5. The number of carbonyl (C=O) groups is 2. The zero-order valence-electron chi connectivity index (χ0n) is 11.4. The van der Waals surface area contributed by atoms with Gasteiger partial charge in [0.15, 0.2) is 0 Å². The van der Waals surface area contributed by atoms with Crippen LogP contribution in [0.3, 0.4) is 0 Å². The van der Waals surface area contributed by atoms with Crippen molar-refractivity contribution in [1.29, 1.82) is 0 Å². The SMILES string of the molecule is NC(=O)c1ccc(NC(=O)Cc2ccc(S(=O)[O-])cc2)cc1. The number of hydrogen-bond acceptors (Lipinski definition) is 4. The molecule has 3 N–H and O–H groups in total. The number of carbonyl (C=O) groups excluding carboxylic acids is 2. The maximum Gasteiger partial charge on any atom is 0.248 e. The molecule has 0 bridgehead atoms. The largest absolute Gasteiger partial charge is 0.768 e. The smallest absolute Gasteiger partial charge is 0.248 e. The number of hydrogen-bond donors (Lipinski definition) is 2. The van der Waals surface area contributed by atoms with Gasteiger partial charge in [-0.1, -0.05) is 12.1 Å². The molecule has 0 aliphatic carbocycles. The van der Waals surface area contributed by atoms with Crippen molar-refractivity contribution in [1.82, 2.24) is 0 Å². The van der Waals surface area contributed by atoms with Gasteiger partial charge in [0.05, 0.1) is 6.42 Å². The van der Waals surface area contributed by atoms with E-state index in [1.807, 2.05) is 0 Å². The summed E-state index contributed by atoms with van der Waals surface area (Å²) in [4.78, 5) is 23.0. The first-order valence-corrected chi connectivity index (χ1v) is 7.41. The molecule has 7 heteroatoms. The van der Waals surface area contributed by atoms with Crippen molar-refractivity contribution in [2.24, 2.45) is 5.73 Å². The first-order valence-electron chi connectivity index (χ1n) is 6.33. The Labute approximate surface area is 129 Å². The third-order valence-electron chi connectivity index (χ3n) is 2.93. The number of nitrogens with one attached hydrogen (secondary N) is 1. The second kappa shape index (κ2) is 6.97. The van der Waals surface area contributed by atoms with Crippen molar-refractivity contribution < 1.29 is 18.4 Å². The molecule has 2 rings (SSSR count). The zero-order chi connectivity index (χ0) is 16.1. The lowest BCUT2D eigenvalue weighted by atomic mass is 10.1. The monoisotopic (exact) mass is 317 g/mol. The molecule has 2 aromatic carbocycles. The van der Waals surface area contributed by atoms with Gasteiger partial charge in [0.1, 0.15) is 0 Å². The Balaban J connectivity index is 1.97. The van der Waals surface area contributed by atoms with Crippen molar-refractivity contribution in [2.45, 2.75) is 11.3 Å². The van der Waals surface area contributed by atoms with Crippen LogP contribution in [0.5, 0.6) is 0 Å². The molecular formula is C15H13N2O4S-. The fraction of sp³-hybridized carbons (Fsp3) is 0.0667. The molecule has 2 aromatic rings. The number of nitrogens with two attached hydrogens (primary N) is 1. The molecule has 1 unspecified atom stereocenters. The van der Waals surface area contributed by atoms with Crippen LogP contribution in [-0.2, 0) is 22.3 Å².